The Bertz CT molecular complexity index is 1220. The highest BCUT2D eigenvalue weighted by molar-refractivity contribution is 9.10. The van der Waals surface area contributed by atoms with Gasteiger partial charge in [-0.25, -0.2) is 4.98 Å². The van der Waals surface area contributed by atoms with Gasteiger partial charge in [0.15, 0.2) is 5.65 Å². The van der Waals surface area contributed by atoms with Gasteiger partial charge in [0.2, 0.25) is 5.91 Å². The maximum absolute atomic E-state index is 12.5. The van der Waals surface area contributed by atoms with Gasteiger partial charge < -0.3 is 5.32 Å². The predicted octanol–water partition coefficient (Wildman–Crippen LogP) is 1.95. The Kier molecular flexibility index (Phi) is 5.16. The lowest BCUT2D eigenvalue weighted by Gasteiger charge is -2.08. The molecule has 0 radical (unpaired) electrons. The van der Waals surface area contributed by atoms with Crippen molar-refractivity contribution in [2.75, 3.05) is 6.54 Å². The lowest BCUT2D eigenvalue weighted by Crippen LogP contribution is -2.29. The van der Waals surface area contributed by atoms with E-state index in [4.69, 9.17) is 0 Å². The van der Waals surface area contributed by atoms with Crippen LogP contribution >= 0.6 is 15.9 Å². The third-order valence-electron chi connectivity index (χ3n) is 4.42. The van der Waals surface area contributed by atoms with E-state index in [-0.39, 0.29) is 24.4 Å². The molecule has 4 aromatic rings. The van der Waals surface area contributed by atoms with Crippen LogP contribution in [0.4, 0.5) is 0 Å². The topological polar surface area (TPSA) is 94.2 Å². The van der Waals surface area contributed by atoms with Crippen LogP contribution in [0.25, 0.3) is 16.6 Å². The molecule has 1 aromatic carbocycles. The third kappa shape index (κ3) is 3.79. The Morgan fingerprint density at radius 3 is 2.96 bits per heavy atom. The lowest BCUT2D eigenvalue weighted by molar-refractivity contribution is -0.121. The molecule has 28 heavy (non-hydrogen) atoms. The minimum atomic E-state index is -0.158. The number of benzene rings is 1. The Morgan fingerprint density at radius 2 is 2.07 bits per heavy atom. The van der Waals surface area contributed by atoms with Crippen molar-refractivity contribution in [3.05, 3.63) is 69.6 Å². The van der Waals surface area contributed by atoms with Crippen LogP contribution in [0.2, 0.25) is 0 Å². The van der Waals surface area contributed by atoms with Gasteiger partial charge in [0.25, 0.3) is 5.56 Å². The number of nitrogens with zero attached hydrogens (tertiary/aromatic N) is 5. The monoisotopic (exact) mass is 440 g/mol. The fourth-order valence-electron chi connectivity index (χ4n) is 2.98. The summed E-state index contributed by atoms with van der Waals surface area (Å²) in [6, 6.07) is 11.1. The highest BCUT2D eigenvalue weighted by atomic mass is 79.9. The maximum Gasteiger partial charge on any atom is 0.261 e. The molecule has 8 nitrogen and oxygen atoms in total. The average molecular weight is 441 g/mol. The Labute approximate surface area is 168 Å². The molecule has 0 fully saturated rings. The van der Waals surface area contributed by atoms with E-state index < -0.39 is 0 Å². The molecule has 142 valence electrons. The highest BCUT2D eigenvalue weighted by Gasteiger charge is 2.08. The van der Waals surface area contributed by atoms with Gasteiger partial charge in [0, 0.05) is 36.6 Å². The number of nitrogens with one attached hydrogen (secondary N) is 1. The maximum atomic E-state index is 12.5. The Morgan fingerprint density at radius 1 is 1.18 bits per heavy atom. The van der Waals surface area contributed by atoms with Crippen LogP contribution in [0.1, 0.15) is 12.2 Å². The molecule has 3 heterocycles. The average Bonchev–Trinajstić information content (AvgIpc) is 3.11. The van der Waals surface area contributed by atoms with Gasteiger partial charge in [-0.1, -0.05) is 22.0 Å². The molecule has 0 saturated carbocycles. The molecule has 1 N–H and O–H groups in total. The van der Waals surface area contributed by atoms with Gasteiger partial charge in [-0.15, -0.1) is 10.2 Å². The van der Waals surface area contributed by atoms with Crippen LogP contribution in [0.5, 0.6) is 0 Å². The Hall–Kier alpha value is -3.07. The van der Waals surface area contributed by atoms with E-state index in [1.807, 2.05) is 34.9 Å². The first-order valence-corrected chi connectivity index (χ1v) is 9.61. The second-order valence-electron chi connectivity index (χ2n) is 6.30. The van der Waals surface area contributed by atoms with E-state index in [2.05, 4.69) is 36.4 Å². The van der Waals surface area contributed by atoms with Crippen molar-refractivity contribution in [2.45, 2.75) is 19.4 Å². The zero-order valence-electron chi connectivity index (χ0n) is 14.9. The predicted molar refractivity (Wildman–Crippen MR) is 108 cm³/mol. The Balaban J connectivity index is 1.34. The molecule has 0 aliphatic carbocycles. The largest absolute Gasteiger partial charge is 0.356 e. The minimum absolute atomic E-state index is 0.130. The zero-order chi connectivity index (χ0) is 19.5. The number of pyridine rings is 1. The summed E-state index contributed by atoms with van der Waals surface area (Å²) in [5.74, 6) is 0.659. The second-order valence-corrected chi connectivity index (χ2v) is 7.22. The SMILES string of the molecule is O=C(CCn1cnc2ccc(Br)cc2c1=O)NCCc1nnc2ccccn12. The number of amides is 1. The van der Waals surface area contributed by atoms with Crippen LogP contribution in [0, 0.1) is 0 Å². The van der Waals surface area contributed by atoms with E-state index >= 15 is 0 Å². The van der Waals surface area contributed by atoms with E-state index in [0.29, 0.717) is 23.9 Å². The fraction of sp³-hybridized carbons (Fsp3) is 0.211. The smallest absolute Gasteiger partial charge is 0.261 e. The lowest BCUT2D eigenvalue weighted by atomic mass is 10.2. The van der Waals surface area contributed by atoms with Gasteiger partial charge in [0.1, 0.15) is 5.82 Å². The van der Waals surface area contributed by atoms with E-state index in [1.165, 1.54) is 10.9 Å². The van der Waals surface area contributed by atoms with Gasteiger partial charge in [-0.3, -0.25) is 18.6 Å². The van der Waals surface area contributed by atoms with Crippen molar-refractivity contribution in [1.82, 2.24) is 29.5 Å². The summed E-state index contributed by atoms with van der Waals surface area (Å²) in [6.07, 6.45) is 4.14. The summed E-state index contributed by atoms with van der Waals surface area (Å²) in [7, 11) is 0. The first kappa shape index (κ1) is 18.3. The van der Waals surface area contributed by atoms with Gasteiger partial charge >= 0.3 is 0 Å². The van der Waals surface area contributed by atoms with Crippen molar-refractivity contribution < 1.29 is 4.79 Å². The molecule has 9 heteroatoms. The number of fused-ring (bicyclic) bond motifs is 2. The summed E-state index contributed by atoms with van der Waals surface area (Å²) >= 11 is 3.36. The molecule has 4 rings (SSSR count). The number of halogens is 1. The van der Waals surface area contributed by atoms with Gasteiger partial charge in [-0.05, 0) is 30.3 Å². The number of hydrogen-bond donors (Lipinski definition) is 1. The van der Waals surface area contributed by atoms with Crippen molar-refractivity contribution in [2.24, 2.45) is 0 Å². The summed E-state index contributed by atoms with van der Waals surface area (Å²) in [6.45, 7) is 0.723. The van der Waals surface area contributed by atoms with Crippen LogP contribution in [0.15, 0.2) is 58.2 Å². The van der Waals surface area contributed by atoms with Crippen molar-refractivity contribution in [3.63, 3.8) is 0 Å². The summed E-state index contributed by atoms with van der Waals surface area (Å²) < 4.78 is 4.17. The first-order chi connectivity index (χ1) is 13.6. The third-order valence-corrected chi connectivity index (χ3v) is 4.91. The molecule has 3 aromatic heterocycles. The van der Waals surface area contributed by atoms with Crippen LogP contribution < -0.4 is 10.9 Å². The molecule has 0 saturated heterocycles. The molecular weight excluding hydrogens is 424 g/mol. The normalized spacial score (nSPS) is 11.2. The number of aryl methyl sites for hydroxylation is 1. The molecule has 0 aliphatic heterocycles. The number of carbonyl (C=O) groups excluding carboxylic acids is 1. The quantitative estimate of drug-likeness (QED) is 0.494. The molecule has 0 aliphatic rings. The van der Waals surface area contributed by atoms with E-state index in [1.54, 1.807) is 12.1 Å². The minimum Gasteiger partial charge on any atom is -0.356 e. The zero-order valence-corrected chi connectivity index (χ0v) is 16.5. The summed E-state index contributed by atoms with van der Waals surface area (Å²) in [5.41, 5.74) is 1.25. The van der Waals surface area contributed by atoms with E-state index in [9.17, 15) is 9.59 Å². The van der Waals surface area contributed by atoms with Crippen LogP contribution in [-0.4, -0.2) is 36.6 Å². The molecule has 0 atom stereocenters. The summed E-state index contributed by atoms with van der Waals surface area (Å²) in [4.78, 5) is 29.0. The number of aromatic nitrogens is 5. The number of rotatable bonds is 6. The summed E-state index contributed by atoms with van der Waals surface area (Å²) in [5, 5.41) is 11.6. The molecule has 0 spiro atoms. The molecule has 0 unspecified atom stereocenters. The van der Waals surface area contributed by atoms with Crippen molar-refractivity contribution >= 4 is 38.4 Å². The van der Waals surface area contributed by atoms with Crippen LogP contribution in [-0.2, 0) is 17.8 Å². The van der Waals surface area contributed by atoms with E-state index in [0.717, 1.165) is 15.9 Å². The highest BCUT2D eigenvalue weighted by Crippen LogP contribution is 2.14. The standard InChI is InChI=1S/C19H17BrN6O2/c20-13-4-5-15-14(11-13)19(28)25(12-22-15)10-7-18(27)21-8-6-17-24-23-16-3-1-2-9-26(16)17/h1-5,9,11-12H,6-8,10H2,(H,21,27). The molecule has 0 bridgehead atoms. The van der Waals surface area contributed by atoms with Crippen molar-refractivity contribution in [1.29, 1.82) is 0 Å². The fourth-order valence-corrected chi connectivity index (χ4v) is 3.34. The van der Waals surface area contributed by atoms with Gasteiger partial charge in [0.05, 0.1) is 17.2 Å². The first-order valence-electron chi connectivity index (χ1n) is 8.82. The molecular formula is C19H17BrN6O2. The van der Waals surface area contributed by atoms with Gasteiger partial charge in [-0.2, -0.15) is 0 Å². The number of hydrogen-bond acceptors (Lipinski definition) is 5. The van der Waals surface area contributed by atoms with Crippen LogP contribution in [0.3, 0.4) is 0 Å². The second kappa shape index (κ2) is 7.89. The molecule has 1 amide bonds. The van der Waals surface area contributed by atoms with Crippen molar-refractivity contribution in [3.8, 4) is 0 Å². The number of carbonyl (C=O) groups is 1.